The molecule has 1 amide bonds. The first-order valence-corrected chi connectivity index (χ1v) is 6.48. The Kier molecular flexibility index (Phi) is 4.60. The molecule has 0 aliphatic rings. The van der Waals surface area contributed by atoms with Crippen LogP contribution in [-0.4, -0.2) is 12.5 Å². The summed E-state index contributed by atoms with van der Waals surface area (Å²) in [5.41, 5.74) is 8.21. The minimum absolute atomic E-state index is 0.0699. The lowest BCUT2D eigenvalue weighted by molar-refractivity contribution is -0.116. The topological polar surface area (TPSA) is 64.3 Å². The molecule has 104 valence electrons. The molecule has 0 unspecified atom stereocenters. The van der Waals surface area contributed by atoms with Crippen LogP contribution in [0.3, 0.4) is 0 Å². The van der Waals surface area contributed by atoms with Crippen LogP contribution in [0.2, 0.25) is 0 Å². The Hall–Kier alpha value is -2.49. The first-order chi connectivity index (χ1) is 9.63. The predicted molar refractivity (Wildman–Crippen MR) is 80.8 cm³/mol. The maximum Gasteiger partial charge on any atom is 0.227 e. The lowest BCUT2D eigenvalue weighted by atomic mass is 10.2. The molecule has 0 atom stereocenters. The van der Waals surface area contributed by atoms with Gasteiger partial charge in [0.15, 0.2) is 0 Å². The van der Waals surface area contributed by atoms with Crippen molar-refractivity contribution in [3.8, 4) is 5.75 Å². The predicted octanol–water partition coefficient (Wildman–Crippen LogP) is 2.98. The maximum atomic E-state index is 11.8. The van der Waals surface area contributed by atoms with Gasteiger partial charge in [0.05, 0.1) is 13.0 Å². The van der Waals surface area contributed by atoms with E-state index in [1.54, 1.807) is 12.1 Å². The first-order valence-electron chi connectivity index (χ1n) is 6.48. The van der Waals surface area contributed by atoms with E-state index in [2.05, 4.69) is 5.32 Å². The van der Waals surface area contributed by atoms with E-state index < -0.39 is 0 Å². The minimum atomic E-state index is -0.0699. The van der Waals surface area contributed by atoms with Crippen molar-refractivity contribution < 1.29 is 9.53 Å². The number of carbonyl (C=O) groups is 1. The summed E-state index contributed by atoms with van der Waals surface area (Å²) in [5.74, 6) is 0.604. The molecule has 0 aliphatic heterocycles. The fourth-order valence-electron chi connectivity index (χ4n) is 1.81. The minimum Gasteiger partial charge on any atom is -0.493 e. The van der Waals surface area contributed by atoms with Gasteiger partial charge in [-0.3, -0.25) is 4.79 Å². The van der Waals surface area contributed by atoms with Gasteiger partial charge in [0.2, 0.25) is 5.91 Å². The molecule has 2 aromatic rings. The summed E-state index contributed by atoms with van der Waals surface area (Å²) in [6, 6.07) is 14.8. The van der Waals surface area contributed by atoms with E-state index in [4.69, 9.17) is 10.5 Å². The Morgan fingerprint density at radius 3 is 2.75 bits per heavy atom. The largest absolute Gasteiger partial charge is 0.493 e. The van der Waals surface area contributed by atoms with Crippen molar-refractivity contribution >= 4 is 17.3 Å². The van der Waals surface area contributed by atoms with E-state index in [0.717, 1.165) is 11.3 Å². The Balaban J connectivity index is 1.78. The van der Waals surface area contributed by atoms with Gasteiger partial charge in [0.25, 0.3) is 0 Å². The number of anilines is 2. The van der Waals surface area contributed by atoms with Crippen LogP contribution in [0.15, 0.2) is 48.5 Å². The number of rotatable bonds is 5. The Bertz CT molecular complexity index is 597. The number of carbonyl (C=O) groups excluding carboxylic acids is 1. The summed E-state index contributed by atoms with van der Waals surface area (Å²) in [6.45, 7) is 2.31. The van der Waals surface area contributed by atoms with Crippen molar-refractivity contribution in [2.45, 2.75) is 13.3 Å². The number of nitrogens with two attached hydrogens (primary N) is 1. The highest BCUT2D eigenvalue weighted by atomic mass is 16.5. The SMILES string of the molecule is Cc1cccc(NC(=O)CCOc2cccc(N)c2)c1. The van der Waals surface area contributed by atoms with Crippen molar-refractivity contribution in [3.05, 3.63) is 54.1 Å². The van der Waals surface area contributed by atoms with Gasteiger partial charge in [0.1, 0.15) is 5.75 Å². The number of hydrogen-bond donors (Lipinski definition) is 2. The molecule has 0 saturated heterocycles. The molecular weight excluding hydrogens is 252 g/mol. The molecule has 3 N–H and O–H groups in total. The molecule has 4 heteroatoms. The molecule has 0 fully saturated rings. The number of ether oxygens (including phenoxy) is 1. The Morgan fingerprint density at radius 2 is 2.00 bits per heavy atom. The average molecular weight is 270 g/mol. The van der Waals surface area contributed by atoms with Crippen LogP contribution in [-0.2, 0) is 4.79 Å². The van der Waals surface area contributed by atoms with Crippen molar-refractivity contribution in [1.29, 1.82) is 0 Å². The van der Waals surface area contributed by atoms with Gasteiger partial charge >= 0.3 is 0 Å². The number of aryl methyl sites for hydroxylation is 1. The zero-order chi connectivity index (χ0) is 14.4. The van der Waals surface area contributed by atoms with Gasteiger partial charge < -0.3 is 15.8 Å². The third-order valence-corrected chi connectivity index (χ3v) is 2.76. The lowest BCUT2D eigenvalue weighted by Gasteiger charge is -2.08. The molecule has 0 aliphatic carbocycles. The summed E-state index contributed by atoms with van der Waals surface area (Å²) in [7, 11) is 0. The van der Waals surface area contributed by atoms with Gasteiger partial charge in [-0.05, 0) is 36.8 Å². The number of hydrogen-bond acceptors (Lipinski definition) is 3. The molecule has 2 rings (SSSR count). The zero-order valence-corrected chi connectivity index (χ0v) is 11.4. The number of nitrogens with one attached hydrogen (secondary N) is 1. The highest BCUT2D eigenvalue weighted by Gasteiger charge is 2.03. The highest BCUT2D eigenvalue weighted by molar-refractivity contribution is 5.90. The highest BCUT2D eigenvalue weighted by Crippen LogP contribution is 2.15. The van der Waals surface area contributed by atoms with Gasteiger partial charge in [-0.2, -0.15) is 0 Å². The Morgan fingerprint density at radius 1 is 1.20 bits per heavy atom. The van der Waals surface area contributed by atoms with Gasteiger partial charge in [-0.25, -0.2) is 0 Å². The zero-order valence-electron chi connectivity index (χ0n) is 11.4. The summed E-state index contributed by atoms with van der Waals surface area (Å²) in [4.78, 5) is 11.8. The number of benzene rings is 2. The van der Waals surface area contributed by atoms with Crippen LogP contribution >= 0.6 is 0 Å². The van der Waals surface area contributed by atoms with E-state index >= 15 is 0 Å². The third-order valence-electron chi connectivity index (χ3n) is 2.76. The maximum absolute atomic E-state index is 11.8. The van der Waals surface area contributed by atoms with E-state index in [-0.39, 0.29) is 5.91 Å². The smallest absolute Gasteiger partial charge is 0.227 e. The fraction of sp³-hybridized carbons (Fsp3) is 0.188. The number of nitrogen functional groups attached to an aromatic ring is 1. The quantitative estimate of drug-likeness (QED) is 0.821. The summed E-state index contributed by atoms with van der Waals surface area (Å²) < 4.78 is 5.48. The van der Waals surface area contributed by atoms with E-state index in [0.29, 0.717) is 24.5 Å². The molecule has 0 saturated carbocycles. The molecule has 20 heavy (non-hydrogen) atoms. The molecule has 0 bridgehead atoms. The Labute approximate surface area is 118 Å². The molecule has 0 radical (unpaired) electrons. The monoisotopic (exact) mass is 270 g/mol. The lowest BCUT2D eigenvalue weighted by Crippen LogP contribution is -2.15. The molecule has 4 nitrogen and oxygen atoms in total. The van der Waals surface area contributed by atoms with Crippen molar-refractivity contribution in [1.82, 2.24) is 0 Å². The van der Waals surface area contributed by atoms with E-state index in [1.807, 2.05) is 43.3 Å². The van der Waals surface area contributed by atoms with Crippen molar-refractivity contribution in [3.63, 3.8) is 0 Å². The second kappa shape index (κ2) is 6.61. The standard InChI is InChI=1S/C16H18N2O2/c1-12-4-2-6-14(10-12)18-16(19)8-9-20-15-7-3-5-13(17)11-15/h2-7,10-11H,8-9,17H2,1H3,(H,18,19). The first kappa shape index (κ1) is 13.9. The normalized spacial score (nSPS) is 10.1. The average Bonchev–Trinajstić information content (AvgIpc) is 2.38. The molecule has 2 aromatic carbocycles. The van der Waals surface area contributed by atoms with E-state index in [9.17, 15) is 4.79 Å². The van der Waals surface area contributed by atoms with Gasteiger partial charge in [-0.1, -0.05) is 18.2 Å². The summed E-state index contributed by atoms with van der Waals surface area (Å²) in [6.07, 6.45) is 0.294. The molecule has 0 aromatic heterocycles. The van der Waals surface area contributed by atoms with E-state index in [1.165, 1.54) is 0 Å². The van der Waals surface area contributed by atoms with Crippen molar-refractivity contribution in [2.75, 3.05) is 17.7 Å². The van der Waals surface area contributed by atoms with Crippen LogP contribution in [0, 0.1) is 6.92 Å². The van der Waals surface area contributed by atoms with Crippen molar-refractivity contribution in [2.24, 2.45) is 0 Å². The van der Waals surface area contributed by atoms with Crippen LogP contribution in [0.25, 0.3) is 0 Å². The molecule has 0 spiro atoms. The molecule has 0 heterocycles. The molecular formula is C16H18N2O2. The number of amides is 1. The van der Waals surface area contributed by atoms with Crippen LogP contribution in [0.5, 0.6) is 5.75 Å². The third kappa shape index (κ3) is 4.31. The van der Waals surface area contributed by atoms with Crippen LogP contribution in [0.1, 0.15) is 12.0 Å². The second-order valence-electron chi connectivity index (χ2n) is 4.59. The van der Waals surface area contributed by atoms with Gasteiger partial charge in [0, 0.05) is 17.4 Å². The summed E-state index contributed by atoms with van der Waals surface area (Å²) >= 11 is 0. The fourth-order valence-corrected chi connectivity index (χ4v) is 1.81. The summed E-state index contributed by atoms with van der Waals surface area (Å²) in [5, 5.41) is 2.84. The van der Waals surface area contributed by atoms with Crippen LogP contribution < -0.4 is 15.8 Å². The van der Waals surface area contributed by atoms with Gasteiger partial charge in [-0.15, -0.1) is 0 Å². The second-order valence-corrected chi connectivity index (χ2v) is 4.59. The van der Waals surface area contributed by atoms with Crippen LogP contribution in [0.4, 0.5) is 11.4 Å².